The Bertz CT molecular complexity index is 816. The number of rotatable bonds is 10. The van der Waals surface area contributed by atoms with Crippen molar-refractivity contribution in [1.82, 2.24) is 0 Å². The monoisotopic (exact) mass is 412 g/mol. The van der Waals surface area contributed by atoms with Crippen LogP contribution in [0, 0.1) is 0 Å². The molecule has 30 heavy (non-hydrogen) atoms. The van der Waals surface area contributed by atoms with Gasteiger partial charge in [-0.15, -0.1) is 0 Å². The van der Waals surface area contributed by atoms with E-state index in [1.165, 1.54) is 0 Å². The average Bonchev–Trinajstić information content (AvgIpc) is 2.77. The minimum atomic E-state index is -0.455. The summed E-state index contributed by atoms with van der Waals surface area (Å²) in [5, 5.41) is 0. The van der Waals surface area contributed by atoms with Gasteiger partial charge in [0.1, 0.15) is 11.5 Å². The first-order valence-corrected chi connectivity index (χ1v) is 9.88. The largest absolute Gasteiger partial charge is 0.497 e. The fraction of sp³-hybridized carbons (Fsp3) is 0.333. The molecule has 2 aromatic carbocycles. The fourth-order valence-corrected chi connectivity index (χ4v) is 3.04. The molecule has 0 saturated heterocycles. The molecular weight excluding hydrogens is 384 g/mol. The molecule has 0 N–H and O–H groups in total. The molecule has 6 heteroatoms. The summed E-state index contributed by atoms with van der Waals surface area (Å²) >= 11 is 0. The Morgan fingerprint density at radius 2 is 1.17 bits per heavy atom. The molecule has 0 heterocycles. The fourth-order valence-electron chi connectivity index (χ4n) is 3.04. The predicted octanol–water partition coefficient (Wildman–Crippen LogP) is 4.41. The van der Waals surface area contributed by atoms with Crippen LogP contribution in [0.4, 0.5) is 0 Å². The second kappa shape index (κ2) is 11.7. The van der Waals surface area contributed by atoms with Crippen molar-refractivity contribution in [2.45, 2.75) is 26.7 Å². The van der Waals surface area contributed by atoms with E-state index in [2.05, 4.69) is 0 Å². The van der Waals surface area contributed by atoms with Crippen molar-refractivity contribution >= 4 is 17.5 Å². The molecule has 0 aromatic heterocycles. The molecule has 160 valence electrons. The molecule has 0 saturated carbocycles. The molecule has 0 atom stereocenters. The lowest BCUT2D eigenvalue weighted by Crippen LogP contribution is -2.13. The molecule has 0 aliphatic carbocycles. The third-order valence-electron chi connectivity index (χ3n) is 4.47. The topological polar surface area (TPSA) is 71.1 Å². The first-order chi connectivity index (χ1) is 14.5. The number of carbonyl (C=O) groups excluding carboxylic acids is 2. The van der Waals surface area contributed by atoms with Crippen LogP contribution in [-0.2, 0) is 19.1 Å². The van der Waals surface area contributed by atoms with E-state index in [9.17, 15) is 9.59 Å². The second-order valence-electron chi connectivity index (χ2n) is 6.34. The maximum absolute atomic E-state index is 12.9. The van der Waals surface area contributed by atoms with E-state index in [1.807, 2.05) is 48.5 Å². The molecule has 0 unspecified atom stereocenters. The zero-order valence-corrected chi connectivity index (χ0v) is 17.9. The van der Waals surface area contributed by atoms with Crippen LogP contribution in [0.25, 0.3) is 5.57 Å². The highest BCUT2D eigenvalue weighted by Gasteiger charge is 2.21. The Morgan fingerprint density at radius 3 is 1.57 bits per heavy atom. The van der Waals surface area contributed by atoms with Gasteiger partial charge in [0.25, 0.3) is 0 Å². The minimum absolute atomic E-state index is 0.0811. The standard InChI is InChI=1S/C24H28O6/c1-5-29-22(25)16-15-21(24(26)30-6-2)23(17-7-11-19(27-3)12-8-17)18-9-13-20(28-4)14-10-18/h7-14H,5-6,15-16H2,1-4H3. The molecule has 6 nitrogen and oxygen atoms in total. The molecule has 0 radical (unpaired) electrons. The van der Waals surface area contributed by atoms with E-state index in [-0.39, 0.29) is 25.4 Å². The van der Waals surface area contributed by atoms with Crippen molar-refractivity contribution in [3.8, 4) is 11.5 Å². The highest BCUT2D eigenvalue weighted by Crippen LogP contribution is 2.32. The summed E-state index contributed by atoms with van der Waals surface area (Å²) in [5.41, 5.74) is 2.74. The Hall–Kier alpha value is -3.28. The third-order valence-corrected chi connectivity index (χ3v) is 4.47. The smallest absolute Gasteiger partial charge is 0.334 e. The van der Waals surface area contributed by atoms with Crippen molar-refractivity contribution in [2.24, 2.45) is 0 Å². The van der Waals surface area contributed by atoms with E-state index in [1.54, 1.807) is 28.1 Å². The lowest BCUT2D eigenvalue weighted by molar-refractivity contribution is -0.143. The second-order valence-corrected chi connectivity index (χ2v) is 6.34. The van der Waals surface area contributed by atoms with Gasteiger partial charge in [-0.1, -0.05) is 24.3 Å². The van der Waals surface area contributed by atoms with Crippen LogP contribution < -0.4 is 9.47 Å². The summed E-state index contributed by atoms with van der Waals surface area (Å²) in [4.78, 5) is 24.8. The zero-order chi connectivity index (χ0) is 21.9. The Balaban J connectivity index is 2.61. The number of esters is 2. The van der Waals surface area contributed by atoms with Gasteiger partial charge in [-0.25, -0.2) is 4.79 Å². The molecule has 2 aromatic rings. The average molecular weight is 412 g/mol. The van der Waals surface area contributed by atoms with Crippen LogP contribution in [0.2, 0.25) is 0 Å². The molecule has 0 aliphatic rings. The summed E-state index contributed by atoms with van der Waals surface area (Å²) in [7, 11) is 3.19. The van der Waals surface area contributed by atoms with E-state index >= 15 is 0 Å². The van der Waals surface area contributed by atoms with Crippen molar-refractivity contribution < 1.29 is 28.5 Å². The number of carbonyl (C=O) groups is 2. The number of hydrogen-bond donors (Lipinski definition) is 0. The number of ether oxygens (including phenoxy) is 4. The van der Waals surface area contributed by atoms with Crippen LogP contribution >= 0.6 is 0 Å². The normalized spacial score (nSPS) is 10.1. The van der Waals surface area contributed by atoms with Crippen molar-refractivity contribution in [1.29, 1.82) is 0 Å². The summed E-state index contributed by atoms with van der Waals surface area (Å²) in [6.07, 6.45) is 0.281. The summed E-state index contributed by atoms with van der Waals surface area (Å²) in [6.45, 7) is 4.03. The highest BCUT2D eigenvalue weighted by molar-refractivity contribution is 6.02. The Morgan fingerprint density at radius 1 is 0.700 bits per heavy atom. The van der Waals surface area contributed by atoms with Gasteiger partial charge in [-0.3, -0.25) is 4.79 Å². The molecule has 0 spiro atoms. The predicted molar refractivity (Wildman–Crippen MR) is 115 cm³/mol. The van der Waals surface area contributed by atoms with Crippen molar-refractivity contribution in [2.75, 3.05) is 27.4 Å². The van der Waals surface area contributed by atoms with Gasteiger partial charge in [0.05, 0.1) is 27.4 Å². The Kier molecular flexibility index (Phi) is 8.94. The number of benzene rings is 2. The quantitative estimate of drug-likeness (QED) is 0.425. The van der Waals surface area contributed by atoms with Gasteiger partial charge in [0.15, 0.2) is 0 Å². The number of methoxy groups -OCH3 is 2. The molecule has 0 amide bonds. The molecule has 0 bridgehead atoms. The van der Waals surface area contributed by atoms with Crippen LogP contribution in [0.3, 0.4) is 0 Å². The van der Waals surface area contributed by atoms with Gasteiger partial charge in [-0.05, 0) is 61.2 Å². The van der Waals surface area contributed by atoms with Gasteiger partial charge < -0.3 is 18.9 Å². The first-order valence-electron chi connectivity index (χ1n) is 9.88. The van der Waals surface area contributed by atoms with E-state index in [0.717, 1.165) is 11.1 Å². The van der Waals surface area contributed by atoms with E-state index < -0.39 is 5.97 Å². The van der Waals surface area contributed by atoms with Gasteiger partial charge in [0, 0.05) is 12.0 Å². The van der Waals surface area contributed by atoms with E-state index in [0.29, 0.717) is 29.3 Å². The van der Waals surface area contributed by atoms with Gasteiger partial charge in [-0.2, -0.15) is 0 Å². The highest BCUT2D eigenvalue weighted by atomic mass is 16.5. The number of hydrogen-bond acceptors (Lipinski definition) is 6. The summed E-state index contributed by atoms with van der Waals surface area (Å²) < 4.78 is 20.9. The maximum Gasteiger partial charge on any atom is 0.334 e. The summed E-state index contributed by atoms with van der Waals surface area (Å²) in [6, 6.07) is 14.8. The molecule has 0 aliphatic heterocycles. The Labute approximate surface area is 177 Å². The van der Waals surface area contributed by atoms with Crippen LogP contribution in [0.15, 0.2) is 54.1 Å². The van der Waals surface area contributed by atoms with E-state index in [4.69, 9.17) is 18.9 Å². The van der Waals surface area contributed by atoms with Gasteiger partial charge >= 0.3 is 11.9 Å². The lowest BCUT2D eigenvalue weighted by Gasteiger charge is -2.16. The lowest BCUT2D eigenvalue weighted by atomic mass is 9.90. The SMILES string of the molecule is CCOC(=O)CCC(C(=O)OCC)=C(c1ccc(OC)cc1)c1ccc(OC)cc1. The maximum atomic E-state index is 12.9. The van der Waals surface area contributed by atoms with Crippen molar-refractivity contribution in [3.05, 3.63) is 65.2 Å². The third kappa shape index (κ3) is 6.11. The van der Waals surface area contributed by atoms with Gasteiger partial charge in [0.2, 0.25) is 0 Å². The van der Waals surface area contributed by atoms with Crippen LogP contribution in [-0.4, -0.2) is 39.4 Å². The molecular formula is C24H28O6. The van der Waals surface area contributed by atoms with Crippen LogP contribution in [0.5, 0.6) is 11.5 Å². The van der Waals surface area contributed by atoms with Crippen LogP contribution in [0.1, 0.15) is 37.8 Å². The minimum Gasteiger partial charge on any atom is -0.497 e. The first kappa shape index (κ1) is 23.0. The molecule has 0 fully saturated rings. The molecule has 2 rings (SSSR count). The van der Waals surface area contributed by atoms with Crippen molar-refractivity contribution in [3.63, 3.8) is 0 Å². The zero-order valence-electron chi connectivity index (χ0n) is 17.9. The summed E-state index contributed by atoms with van der Waals surface area (Å²) in [5.74, 6) is 0.598.